The lowest BCUT2D eigenvalue weighted by atomic mass is 9.92. The fourth-order valence-electron chi connectivity index (χ4n) is 3.19. The molecule has 1 aliphatic carbocycles. The van der Waals surface area contributed by atoms with Crippen LogP contribution in [-0.4, -0.2) is 31.1 Å². The SMILES string of the molecule is COC(C)c1nc(CNC(=O)C2CC23CCNCC3)cs1. The van der Waals surface area contributed by atoms with Crippen LogP contribution in [0.25, 0.3) is 0 Å². The van der Waals surface area contributed by atoms with Crippen LogP contribution >= 0.6 is 11.3 Å². The van der Waals surface area contributed by atoms with Crippen molar-refractivity contribution in [3.05, 3.63) is 16.1 Å². The van der Waals surface area contributed by atoms with E-state index < -0.39 is 0 Å². The van der Waals surface area contributed by atoms with Gasteiger partial charge in [0.05, 0.1) is 12.2 Å². The van der Waals surface area contributed by atoms with Crippen molar-refractivity contribution in [2.45, 2.75) is 38.8 Å². The zero-order valence-corrected chi connectivity index (χ0v) is 13.5. The fraction of sp³-hybridized carbons (Fsp3) is 0.733. The van der Waals surface area contributed by atoms with E-state index in [-0.39, 0.29) is 17.9 Å². The van der Waals surface area contributed by atoms with Gasteiger partial charge in [0.1, 0.15) is 11.1 Å². The van der Waals surface area contributed by atoms with Gasteiger partial charge in [-0.3, -0.25) is 4.79 Å². The van der Waals surface area contributed by atoms with Crippen LogP contribution < -0.4 is 10.6 Å². The summed E-state index contributed by atoms with van der Waals surface area (Å²) < 4.78 is 5.25. The Kier molecular flexibility index (Phi) is 4.28. The zero-order valence-electron chi connectivity index (χ0n) is 12.6. The third-order valence-corrected chi connectivity index (χ3v) is 5.87. The van der Waals surface area contributed by atoms with Crippen LogP contribution in [0.15, 0.2) is 5.38 Å². The van der Waals surface area contributed by atoms with E-state index in [0.29, 0.717) is 12.0 Å². The van der Waals surface area contributed by atoms with Gasteiger partial charge in [0.25, 0.3) is 0 Å². The van der Waals surface area contributed by atoms with Gasteiger partial charge in [-0.1, -0.05) is 0 Å². The molecule has 1 saturated heterocycles. The average Bonchev–Trinajstić information content (AvgIpc) is 2.99. The Morgan fingerprint density at radius 3 is 3.10 bits per heavy atom. The molecule has 5 nitrogen and oxygen atoms in total. The average molecular weight is 309 g/mol. The van der Waals surface area contributed by atoms with Crippen molar-refractivity contribution in [3.8, 4) is 0 Å². The largest absolute Gasteiger partial charge is 0.375 e. The van der Waals surface area contributed by atoms with E-state index in [9.17, 15) is 4.79 Å². The van der Waals surface area contributed by atoms with E-state index >= 15 is 0 Å². The number of piperidine rings is 1. The van der Waals surface area contributed by atoms with Gasteiger partial charge in [0.15, 0.2) is 0 Å². The van der Waals surface area contributed by atoms with Gasteiger partial charge in [-0.15, -0.1) is 11.3 Å². The second-order valence-electron chi connectivity index (χ2n) is 6.14. The summed E-state index contributed by atoms with van der Waals surface area (Å²) in [6, 6.07) is 0. The number of amides is 1. The Bertz CT molecular complexity index is 511. The lowest BCUT2D eigenvalue weighted by Crippen LogP contribution is -2.33. The molecule has 116 valence electrons. The second-order valence-corrected chi connectivity index (χ2v) is 7.03. The van der Waals surface area contributed by atoms with E-state index in [1.807, 2.05) is 12.3 Å². The van der Waals surface area contributed by atoms with E-state index in [2.05, 4.69) is 15.6 Å². The third kappa shape index (κ3) is 3.12. The lowest BCUT2D eigenvalue weighted by molar-refractivity contribution is -0.123. The van der Waals surface area contributed by atoms with Gasteiger partial charge in [0, 0.05) is 18.4 Å². The van der Waals surface area contributed by atoms with Crippen LogP contribution in [0.3, 0.4) is 0 Å². The van der Waals surface area contributed by atoms with Crippen molar-refractivity contribution < 1.29 is 9.53 Å². The summed E-state index contributed by atoms with van der Waals surface area (Å²) in [6.45, 7) is 4.60. The third-order valence-electron chi connectivity index (χ3n) is 4.82. The standard InChI is InChI=1S/C15H23N3O2S/c1-10(20-2)14-18-11(9-21-14)8-17-13(19)12-7-15(12)3-5-16-6-4-15/h9-10,12,16H,3-8H2,1-2H3,(H,17,19). The van der Waals surface area contributed by atoms with Gasteiger partial charge in [-0.2, -0.15) is 0 Å². The number of methoxy groups -OCH3 is 1. The van der Waals surface area contributed by atoms with Crippen molar-refractivity contribution in [1.29, 1.82) is 0 Å². The highest BCUT2D eigenvalue weighted by atomic mass is 32.1. The van der Waals surface area contributed by atoms with Crippen LogP contribution in [0.1, 0.15) is 43.0 Å². The van der Waals surface area contributed by atoms with Crippen LogP contribution in [0.2, 0.25) is 0 Å². The minimum Gasteiger partial charge on any atom is -0.375 e. The number of hydrogen-bond acceptors (Lipinski definition) is 5. The monoisotopic (exact) mass is 309 g/mol. The molecule has 2 fully saturated rings. The van der Waals surface area contributed by atoms with Crippen LogP contribution in [0, 0.1) is 11.3 Å². The summed E-state index contributed by atoms with van der Waals surface area (Å²) in [5.74, 6) is 0.418. The number of carbonyl (C=O) groups is 1. The summed E-state index contributed by atoms with van der Waals surface area (Å²) in [5, 5.41) is 9.37. The fourth-order valence-corrected chi connectivity index (χ4v) is 4.04. The molecule has 6 heteroatoms. The maximum Gasteiger partial charge on any atom is 0.224 e. The molecule has 2 N–H and O–H groups in total. The topological polar surface area (TPSA) is 63.2 Å². The number of carbonyl (C=O) groups excluding carboxylic acids is 1. The number of rotatable bonds is 5. The molecule has 0 radical (unpaired) electrons. The Balaban J connectivity index is 1.49. The molecule has 2 aliphatic rings. The molecule has 1 saturated carbocycles. The highest BCUT2D eigenvalue weighted by Gasteiger charge is 2.57. The number of thiazole rings is 1. The minimum atomic E-state index is 0.0147. The Hall–Kier alpha value is -0.980. The first-order chi connectivity index (χ1) is 10.1. The maximum atomic E-state index is 12.3. The molecule has 2 atom stereocenters. The molecule has 2 unspecified atom stereocenters. The Morgan fingerprint density at radius 2 is 2.38 bits per heavy atom. The van der Waals surface area contributed by atoms with Gasteiger partial charge < -0.3 is 15.4 Å². The number of ether oxygens (including phenoxy) is 1. The highest BCUT2D eigenvalue weighted by Crippen LogP contribution is 2.58. The van der Waals surface area contributed by atoms with Gasteiger partial charge in [0.2, 0.25) is 5.91 Å². The van der Waals surface area contributed by atoms with Crippen molar-refractivity contribution >= 4 is 17.2 Å². The smallest absolute Gasteiger partial charge is 0.224 e. The van der Waals surface area contributed by atoms with Crippen LogP contribution in [-0.2, 0) is 16.1 Å². The van der Waals surface area contributed by atoms with Crippen molar-refractivity contribution in [3.63, 3.8) is 0 Å². The maximum absolute atomic E-state index is 12.3. The summed E-state index contributed by atoms with van der Waals surface area (Å²) >= 11 is 1.58. The Morgan fingerprint density at radius 1 is 1.62 bits per heavy atom. The van der Waals surface area contributed by atoms with Crippen molar-refractivity contribution in [2.75, 3.05) is 20.2 Å². The normalized spacial score (nSPS) is 24.8. The molecule has 0 bridgehead atoms. The predicted molar refractivity (Wildman–Crippen MR) is 82.0 cm³/mol. The van der Waals surface area contributed by atoms with E-state index in [1.54, 1.807) is 18.4 Å². The van der Waals surface area contributed by atoms with E-state index in [1.165, 1.54) is 0 Å². The summed E-state index contributed by atoms with van der Waals surface area (Å²) in [7, 11) is 1.68. The molecule has 1 aromatic heterocycles. The van der Waals surface area contributed by atoms with Crippen molar-refractivity contribution in [2.24, 2.45) is 11.3 Å². The van der Waals surface area contributed by atoms with E-state index in [4.69, 9.17) is 4.74 Å². The van der Waals surface area contributed by atoms with Gasteiger partial charge in [-0.25, -0.2) is 4.98 Å². The summed E-state index contributed by atoms with van der Waals surface area (Å²) in [6.07, 6.45) is 3.35. The number of hydrogen-bond donors (Lipinski definition) is 2. The number of nitrogens with one attached hydrogen (secondary N) is 2. The molecule has 1 aromatic rings. The highest BCUT2D eigenvalue weighted by molar-refractivity contribution is 7.09. The number of nitrogens with zero attached hydrogens (tertiary/aromatic N) is 1. The quantitative estimate of drug-likeness (QED) is 0.871. The summed E-state index contributed by atoms with van der Waals surface area (Å²) in [5.41, 5.74) is 1.22. The molecule has 21 heavy (non-hydrogen) atoms. The molecule has 2 heterocycles. The molecule has 0 aromatic carbocycles. The molecular formula is C15H23N3O2S. The van der Waals surface area contributed by atoms with Crippen LogP contribution in [0.4, 0.5) is 0 Å². The summed E-state index contributed by atoms with van der Waals surface area (Å²) in [4.78, 5) is 16.8. The molecule has 1 spiro atoms. The zero-order chi connectivity index (χ0) is 14.9. The first kappa shape index (κ1) is 14.9. The van der Waals surface area contributed by atoms with E-state index in [0.717, 1.165) is 43.1 Å². The first-order valence-electron chi connectivity index (χ1n) is 7.60. The molecule has 1 aliphatic heterocycles. The van der Waals surface area contributed by atoms with Crippen LogP contribution in [0.5, 0.6) is 0 Å². The second kappa shape index (κ2) is 6.02. The molecular weight excluding hydrogens is 286 g/mol. The lowest BCUT2D eigenvalue weighted by Gasteiger charge is -2.23. The predicted octanol–water partition coefficient (Wildman–Crippen LogP) is 1.86. The molecule has 1 amide bonds. The van der Waals surface area contributed by atoms with Crippen molar-refractivity contribution in [1.82, 2.24) is 15.6 Å². The van der Waals surface area contributed by atoms with Gasteiger partial charge in [-0.05, 0) is 44.7 Å². The molecule has 3 rings (SSSR count). The first-order valence-corrected chi connectivity index (χ1v) is 8.48. The minimum absolute atomic E-state index is 0.0147. The number of aromatic nitrogens is 1. The Labute approximate surface area is 129 Å². The van der Waals surface area contributed by atoms with Gasteiger partial charge >= 0.3 is 0 Å².